The van der Waals surface area contributed by atoms with Gasteiger partial charge in [-0.25, -0.2) is 0 Å². The molecule has 4 heteroatoms. The number of nitrogens with one attached hydrogen (secondary N) is 1. The van der Waals surface area contributed by atoms with E-state index in [2.05, 4.69) is 29.0 Å². The topological polar surface area (TPSA) is 24.9 Å². The van der Waals surface area contributed by atoms with E-state index in [0.29, 0.717) is 6.04 Å². The molecule has 1 aromatic rings. The quantitative estimate of drug-likeness (QED) is 0.875. The fourth-order valence-corrected chi connectivity index (χ4v) is 4.08. The summed E-state index contributed by atoms with van der Waals surface area (Å²) in [5.41, 5.74) is 1.91. The molecule has 1 aromatic heterocycles. The second kappa shape index (κ2) is 6.62. The molecule has 16 heavy (non-hydrogen) atoms. The predicted molar refractivity (Wildman–Crippen MR) is 73.1 cm³/mol. The number of nitrogens with zero attached hydrogens (tertiary/aromatic N) is 1. The summed E-state index contributed by atoms with van der Waals surface area (Å²) in [7, 11) is 0. The van der Waals surface area contributed by atoms with Crippen LogP contribution in [0.25, 0.3) is 0 Å². The molecule has 0 aromatic carbocycles. The van der Waals surface area contributed by atoms with Gasteiger partial charge >= 0.3 is 0 Å². The molecule has 0 radical (unpaired) electrons. The van der Waals surface area contributed by atoms with E-state index >= 15 is 0 Å². The highest BCUT2D eigenvalue weighted by molar-refractivity contribution is 7.99. The van der Waals surface area contributed by atoms with E-state index in [1.807, 2.05) is 11.7 Å². The van der Waals surface area contributed by atoms with Crippen LogP contribution in [-0.2, 0) is 6.54 Å². The summed E-state index contributed by atoms with van der Waals surface area (Å²) < 4.78 is 0. The molecule has 0 bridgehead atoms. The second-order valence-electron chi connectivity index (χ2n) is 4.23. The Morgan fingerprint density at radius 2 is 2.38 bits per heavy atom. The van der Waals surface area contributed by atoms with Crippen LogP contribution in [0, 0.1) is 0 Å². The average Bonchev–Trinajstić information content (AvgIpc) is 2.81. The number of aromatic nitrogens is 1. The third-order valence-corrected chi connectivity index (χ3v) is 5.21. The van der Waals surface area contributed by atoms with Gasteiger partial charge in [0.25, 0.3) is 0 Å². The lowest BCUT2D eigenvalue weighted by Crippen LogP contribution is -2.40. The lowest BCUT2D eigenvalue weighted by atomic mass is 9.95. The van der Waals surface area contributed by atoms with E-state index in [4.69, 9.17) is 0 Å². The molecule has 0 amide bonds. The SMILES string of the molecule is CCSC1CCCCC1NCc1cncs1. The summed E-state index contributed by atoms with van der Waals surface area (Å²) in [6.07, 6.45) is 7.51. The van der Waals surface area contributed by atoms with E-state index in [9.17, 15) is 0 Å². The Morgan fingerprint density at radius 3 is 3.12 bits per heavy atom. The van der Waals surface area contributed by atoms with Crippen molar-refractivity contribution < 1.29 is 0 Å². The molecule has 0 saturated heterocycles. The Balaban J connectivity index is 1.81. The summed E-state index contributed by atoms with van der Waals surface area (Å²) in [5.74, 6) is 1.24. The third kappa shape index (κ3) is 3.47. The summed E-state index contributed by atoms with van der Waals surface area (Å²) >= 11 is 3.87. The first-order valence-electron chi connectivity index (χ1n) is 6.12. The molecule has 1 N–H and O–H groups in total. The molecule has 1 heterocycles. The van der Waals surface area contributed by atoms with Crippen molar-refractivity contribution in [2.24, 2.45) is 0 Å². The zero-order valence-electron chi connectivity index (χ0n) is 9.82. The third-order valence-electron chi connectivity index (χ3n) is 3.11. The maximum absolute atomic E-state index is 4.11. The van der Waals surface area contributed by atoms with Gasteiger partial charge in [-0.15, -0.1) is 11.3 Å². The van der Waals surface area contributed by atoms with E-state index in [0.717, 1.165) is 11.8 Å². The summed E-state index contributed by atoms with van der Waals surface area (Å²) in [6, 6.07) is 0.709. The molecule has 0 aliphatic heterocycles. The molecule has 90 valence electrons. The minimum absolute atomic E-state index is 0.709. The smallest absolute Gasteiger partial charge is 0.0794 e. The molecular weight excluding hydrogens is 236 g/mol. The lowest BCUT2D eigenvalue weighted by Gasteiger charge is -2.31. The molecule has 2 unspecified atom stereocenters. The van der Waals surface area contributed by atoms with Crippen LogP contribution in [0.5, 0.6) is 0 Å². The highest BCUT2D eigenvalue weighted by atomic mass is 32.2. The van der Waals surface area contributed by atoms with Gasteiger partial charge in [-0.2, -0.15) is 11.8 Å². The highest BCUT2D eigenvalue weighted by Gasteiger charge is 2.24. The monoisotopic (exact) mass is 256 g/mol. The summed E-state index contributed by atoms with van der Waals surface area (Å²) in [4.78, 5) is 5.47. The van der Waals surface area contributed by atoms with Crippen molar-refractivity contribution >= 4 is 23.1 Å². The molecule has 1 aliphatic rings. The number of hydrogen-bond acceptors (Lipinski definition) is 4. The first-order valence-corrected chi connectivity index (χ1v) is 8.05. The van der Waals surface area contributed by atoms with Gasteiger partial charge in [0.1, 0.15) is 0 Å². The maximum Gasteiger partial charge on any atom is 0.0794 e. The minimum atomic E-state index is 0.709. The van der Waals surface area contributed by atoms with E-state index in [1.165, 1.54) is 36.3 Å². The molecule has 0 spiro atoms. The van der Waals surface area contributed by atoms with Crippen molar-refractivity contribution in [2.45, 2.75) is 50.4 Å². The molecule has 1 fully saturated rings. The van der Waals surface area contributed by atoms with Crippen molar-refractivity contribution in [3.63, 3.8) is 0 Å². The number of rotatable bonds is 5. The van der Waals surface area contributed by atoms with Crippen LogP contribution in [0.2, 0.25) is 0 Å². The Morgan fingerprint density at radius 1 is 1.50 bits per heavy atom. The van der Waals surface area contributed by atoms with Crippen LogP contribution in [0.3, 0.4) is 0 Å². The Kier molecular flexibility index (Phi) is 5.13. The van der Waals surface area contributed by atoms with Crippen LogP contribution in [0.1, 0.15) is 37.5 Å². The zero-order chi connectivity index (χ0) is 11.2. The average molecular weight is 256 g/mol. The van der Waals surface area contributed by atoms with Crippen molar-refractivity contribution in [3.8, 4) is 0 Å². The van der Waals surface area contributed by atoms with E-state index in [-0.39, 0.29) is 0 Å². The van der Waals surface area contributed by atoms with Gasteiger partial charge in [0, 0.05) is 28.9 Å². The molecular formula is C12H20N2S2. The largest absolute Gasteiger partial charge is 0.308 e. The fourth-order valence-electron chi connectivity index (χ4n) is 2.31. The van der Waals surface area contributed by atoms with Crippen molar-refractivity contribution in [1.29, 1.82) is 0 Å². The number of thiazole rings is 1. The summed E-state index contributed by atoms with van der Waals surface area (Å²) in [5, 5.41) is 4.53. The van der Waals surface area contributed by atoms with Crippen LogP contribution in [0.4, 0.5) is 0 Å². The predicted octanol–water partition coefficient (Wildman–Crippen LogP) is 3.30. The Bertz CT molecular complexity index is 285. The zero-order valence-corrected chi connectivity index (χ0v) is 11.4. The van der Waals surface area contributed by atoms with Gasteiger partial charge in [0.15, 0.2) is 0 Å². The standard InChI is InChI=1S/C12H20N2S2/c1-2-15-12-6-4-3-5-11(12)14-8-10-7-13-9-16-10/h7,9,11-12,14H,2-6,8H2,1H3. The Labute approximate surface area is 106 Å². The maximum atomic E-state index is 4.11. The van der Waals surface area contributed by atoms with Gasteiger partial charge in [0.2, 0.25) is 0 Å². The van der Waals surface area contributed by atoms with Crippen molar-refractivity contribution in [1.82, 2.24) is 10.3 Å². The van der Waals surface area contributed by atoms with Gasteiger partial charge in [0.05, 0.1) is 5.51 Å². The normalized spacial score (nSPS) is 25.8. The molecule has 2 atom stereocenters. The highest BCUT2D eigenvalue weighted by Crippen LogP contribution is 2.28. The first kappa shape index (κ1) is 12.4. The lowest BCUT2D eigenvalue weighted by molar-refractivity contribution is 0.384. The van der Waals surface area contributed by atoms with Crippen LogP contribution in [-0.4, -0.2) is 22.0 Å². The first-order chi connectivity index (χ1) is 7.90. The number of thioether (sulfide) groups is 1. The summed E-state index contributed by atoms with van der Waals surface area (Å²) in [6.45, 7) is 3.26. The van der Waals surface area contributed by atoms with E-state index in [1.54, 1.807) is 11.3 Å². The van der Waals surface area contributed by atoms with Crippen molar-refractivity contribution in [2.75, 3.05) is 5.75 Å². The fraction of sp³-hybridized carbons (Fsp3) is 0.750. The van der Waals surface area contributed by atoms with Crippen molar-refractivity contribution in [3.05, 3.63) is 16.6 Å². The molecule has 2 rings (SSSR count). The molecule has 1 aliphatic carbocycles. The van der Waals surface area contributed by atoms with Crippen LogP contribution in [0.15, 0.2) is 11.7 Å². The van der Waals surface area contributed by atoms with Crippen LogP contribution >= 0.6 is 23.1 Å². The molecule has 1 saturated carbocycles. The minimum Gasteiger partial charge on any atom is -0.308 e. The van der Waals surface area contributed by atoms with Gasteiger partial charge in [-0.05, 0) is 18.6 Å². The van der Waals surface area contributed by atoms with Gasteiger partial charge in [-0.1, -0.05) is 19.8 Å². The van der Waals surface area contributed by atoms with Crippen LogP contribution < -0.4 is 5.32 Å². The van der Waals surface area contributed by atoms with Gasteiger partial charge in [-0.3, -0.25) is 4.98 Å². The van der Waals surface area contributed by atoms with E-state index < -0.39 is 0 Å². The number of hydrogen-bond donors (Lipinski definition) is 1. The Hall–Kier alpha value is -0.0600. The second-order valence-corrected chi connectivity index (χ2v) is 6.72. The molecule has 2 nitrogen and oxygen atoms in total. The van der Waals surface area contributed by atoms with Gasteiger partial charge < -0.3 is 5.32 Å².